The maximum Gasteiger partial charge on any atom is 0.313 e. The quantitative estimate of drug-likeness (QED) is 0.108. The molecule has 210 valence electrons. The molecule has 1 unspecified atom stereocenters. The van der Waals surface area contributed by atoms with E-state index in [1.54, 1.807) is 48.9 Å². The van der Waals surface area contributed by atoms with Gasteiger partial charge in [0, 0.05) is 27.6 Å². The third-order valence-electron chi connectivity index (χ3n) is 7.25. The maximum atomic E-state index is 13.5. The van der Waals surface area contributed by atoms with Crippen LogP contribution in [-0.2, 0) is 14.3 Å². The lowest BCUT2D eigenvalue weighted by Gasteiger charge is -2.13. The summed E-state index contributed by atoms with van der Waals surface area (Å²) in [5.41, 5.74) is 2.49. The van der Waals surface area contributed by atoms with Gasteiger partial charge in [0.15, 0.2) is 5.78 Å². The summed E-state index contributed by atoms with van der Waals surface area (Å²) in [5.74, 6) is -0.986. The van der Waals surface area contributed by atoms with Crippen LogP contribution in [0.1, 0.15) is 99.2 Å². The summed E-state index contributed by atoms with van der Waals surface area (Å²) in [5, 5.41) is 1.28. The van der Waals surface area contributed by atoms with Gasteiger partial charge in [-0.25, -0.2) is 0 Å². The van der Waals surface area contributed by atoms with Gasteiger partial charge < -0.3 is 9.47 Å². The minimum absolute atomic E-state index is 0.227. The second-order valence-corrected chi connectivity index (χ2v) is 10.5. The zero-order chi connectivity index (χ0) is 28.4. The summed E-state index contributed by atoms with van der Waals surface area (Å²) in [7, 11) is 1.57. The van der Waals surface area contributed by atoms with Crippen LogP contribution < -0.4 is 4.74 Å². The number of carbonyl (C=O) groups is 3. The number of hydrogen-bond donors (Lipinski definition) is 0. The first-order valence-corrected chi connectivity index (χ1v) is 14.3. The van der Waals surface area contributed by atoms with Crippen LogP contribution in [0.3, 0.4) is 0 Å². The van der Waals surface area contributed by atoms with Gasteiger partial charge in [0.05, 0.1) is 19.2 Å². The normalized spacial score (nSPS) is 11.9. The van der Waals surface area contributed by atoms with E-state index in [0.29, 0.717) is 39.7 Å². The molecular weight excluding hydrogens is 514 g/mol. The number of nitrogens with zero attached hydrogens (tertiary/aromatic N) is 1. The molecule has 0 N–H and O–H groups in total. The topological polar surface area (TPSA) is 74.6 Å². The standard InChI is InChI=1S/C32H40ClNO5/c1-5-6-7-8-9-10-11-12-19-39-30(36)21-29(35)22(2)31-23(3)34(28-18-17-26(38-4)20-27(28)31)32(37)24-13-15-25(33)16-14-24/h13-18,20,22H,5-12,19,21H2,1-4H3. The van der Waals surface area contributed by atoms with E-state index in [-0.39, 0.29) is 18.1 Å². The molecule has 0 saturated carbocycles. The SMILES string of the molecule is CCCCCCCCCCOC(=O)CC(=O)C(C)c1c(C)n(C(=O)c2ccc(Cl)cc2)c2ccc(OC)cc12. The Morgan fingerprint density at radius 3 is 2.21 bits per heavy atom. The molecule has 0 saturated heterocycles. The van der Waals surface area contributed by atoms with Crippen molar-refractivity contribution in [3.63, 3.8) is 0 Å². The number of carbonyl (C=O) groups excluding carboxylic acids is 3. The molecule has 6 nitrogen and oxygen atoms in total. The highest BCUT2D eigenvalue weighted by Crippen LogP contribution is 2.35. The molecule has 0 amide bonds. The Hall–Kier alpha value is -3.12. The van der Waals surface area contributed by atoms with Crippen molar-refractivity contribution in [2.75, 3.05) is 13.7 Å². The number of halogens is 1. The predicted octanol–water partition coefficient (Wildman–Crippen LogP) is 8.05. The number of hydrogen-bond acceptors (Lipinski definition) is 5. The van der Waals surface area contributed by atoms with E-state index in [1.807, 2.05) is 19.1 Å². The van der Waals surface area contributed by atoms with Crippen molar-refractivity contribution < 1.29 is 23.9 Å². The second kappa shape index (κ2) is 14.9. The summed E-state index contributed by atoms with van der Waals surface area (Å²) in [6, 6.07) is 12.1. The molecule has 1 heterocycles. The predicted molar refractivity (Wildman–Crippen MR) is 156 cm³/mol. The van der Waals surface area contributed by atoms with E-state index >= 15 is 0 Å². The van der Waals surface area contributed by atoms with Gasteiger partial charge >= 0.3 is 5.97 Å². The molecule has 0 aliphatic rings. The molecule has 0 radical (unpaired) electrons. The highest BCUT2D eigenvalue weighted by molar-refractivity contribution is 6.30. The lowest BCUT2D eigenvalue weighted by Crippen LogP contribution is -2.18. The third-order valence-corrected chi connectivity index (χ3v) is 7.50. The summed E-state index contributed by atoms with van der Waals surface area (Å²) in [4.78, 5) is 39.2. The molecule has 0 bridgehead atoms. The number of methoxy groups -OCH3 is 1. The Morgan fingerprint density at radius 2 is 1.56 bits per heavy atom. The van der Waals surface area contributed by atoms with Gasteiger partial charge in [0.2, 0.25) is 0 Å². The smallest absolute Gasteiger partial charge is 0.313 e. The Balaban J connectivity index is 1.70. The number of ether oxygens (including phenoxy) is 2. The average molecular weight is 554 g/mol. The minimum Gasteiger partial charge on any atom is -0.497 e. The van der Waals surface area contributed by atoms with Crippen LogP contribution in [0.25, 0.3) is 10.9 Å². The van der Waals surface area contributed by atoms with Crippen LogP contribution in [0, 0.1) is 6.92 Å². The summed E-state index contributed by atoms with van der Waals surface area (Å²) in [6.45, 7) is 6.13. The highest BCUT2D eigenvalue weighted by atomic mass is 35.5. The fourth-order valence-corrected chi connectivity index (χ4v) is 5.13. The molecular formula is C32H40ClNO5. The minimum atomic E-state index is -0.616. The van der Waals surface area contributed by atoms with Crippen molar-refractivity contribution in [3.8, 4) is 5.75 Å². The van der Waals surface area contributed by atoms with Crippen LogP contribution in [0.4, 0.5) is 0 Å². The van der Waals surface area contributed by atoms with Crippen LogP contribution >= 0.6 is 11.6 Å². The number of esters is 1. The van der Waals surface area contributed by atoms with Crippen molar-refractivity contribution in [3.05, 3.63) is 64.3 Å². The van der Waals surface area contributed by atoms with Crippen molar-refractivity contribution >= 4 is 40.2 Å². The molecule has 0 aliphatic carbocycles. The number of unbranched alkanes of at least 4 members (excludes halogenated alkanes) is 7. The van der Waals surface area contributed by atoms with Gasteiger partial charge in [-0.15, -0.1) is 0 Å². The van der Waals surface area contributed by atoms with Gasteiger partial charge in [-0.3, -0.25) is 19.0 Å². The first-order valence-electron chi connectivity index (χ1n) is 14.0. The van der Waals surface area contributed by atoms with Crippen LogP contribution in [0.2, 0.25) is 5.02 Å². The molecule has 0 fully saturated rings. The monoisotopic (exact) mass is 553 g/mol. The van der Waals surface area contributed by atoms with E-state index in [2.05, 4.69) is 6.92 Å². The molecule has 3 rings (SSSR count). The molecule has 7 heteroatoms. The van der Waals surface area contributed by atoms with E-state index in [1.165, 1.54) is 32.1 Å². The van der Waals surface area contributed by atoms with Crippen molar-refractivity contribution in [1.82, 2.24) is 4.57 Å². The molecule has 3 aromatic rings. The van der Waals surface area contributed by atoms with E-state index < -0.39 is 11.9 Å². The van der Waals surface area contributed by atoms with Gasteiger partial charge in [-0.05, 0) is 61.4 Å². The molecule has 1 atom stereocenters. The molecule has 2 aromatic carbocycles. The number of fused-ring (bicyclic) bond motifs is 1. The van der Waals surface area contributed by atoms with Crippen molar-refractivity contribution in [2.24, 2.45) is 0 Å². The van der Waals surface area contributed by atoms with Crippen LogP contribution in [0.15, 0.2) is 42.5 Å². The van der Waals surface area contributed by atoms with Crippen molar-refractivity contribution in [2.45, 2.75) is 84.5 Å². The van der Waals surface area contributed by atoms with Gasteiger partial charge in [-0.1, -0.05) is 70.4 Å². The molecule has 0 aliphatic heterocycles. The zero-order valence-electron chi connectivity index (χ0n) is 23.6. The lowest BCUT2D eigenvalue weighted by atomic mass is 9.92. The van der Waals surface area contributed by atoms with E-state index in [0.717, 1.165) is 24.6 Å². The number of benzene rings is 2. The molecule has 39 heavy (non-hydrogen) atoms. The number of Topliss-reactive ketones (excluding diaryl/α,β-unsaturated/α-hetero) is 1. The Kier molecular flexibility index (Phi) is 11.6. The summed E-state index contributed by atoms with van der Waals surface area (Å²) in [6.07, 6.45) is 8.94. The highest BCUT2D eigenvalue weighted by Gasteiger charge is 2.28. The summed E-state index contributed by atoms with van der Waals surface area (Å²) < 4.78 is 12.4. The average Bonchev–Trinajstić information content (AvgIpc) is 3.22. The fraction of sp³-hybridized carbons (Fsp3) is 0.469. The Bertz CT molecular complexity index is 1280. The van der Waals surface area contributed by atoms with Crippen LogP contribution in [-0.4, -0.2) is 35.9 Å². The maximum absolute atomic E-state index is 13.5. The van der Waals surface area contributed by atoms with Gasteiger partial charge in [-0.2, -0.15) is 0 Å². The lowest BCUT2D eigenvalue weighted by molar-refractivity contribution is -0.146. The third kappa shape index (κ3) is 7.95. The van der Waals surface area contributed by atoms with E-state index in [4.69, 9.17) is 21.1 Å². The fourth-order valence-electron chi connectivity index (χ4n) is 5.01. The Labute approximate surface area is 236 Å². The number of rotatable bonds is 15. The zero-order valence-corrected chi connectivity index (χ0v) is 24.3. The Morgan fingerprint density at radius 1 is 0.923 bits per heavy atom. The van der Waals surface area contributed by atoms with E-state index in [9.17, 15) is 14.4 Å². The number of aromatic nitrogens is 1. The molecule has 0 spiro atoms. The van der Waals surface area contributed by atoms with Crippen LogP contribution in [0.5, 0.6) is 5.75 Å². The largest absolute Gasteiger partial charge is 0.497 e. The van der Waals surface area contributed by atoms with Crippen molar-refractivity contribution in [1.29, 1.82) is 0 Å². The first-order chi connectivity index (χ1) is 18.8. The second-order valence-electron chi connectivity index (χ2n) is 10.1. The first kappa shape index (κ1) is 30.4. The number of ketones is 1. The van der Waals surface area contributed by atoms with Gasteiger partial charge in [0.25, 0.3) is 5.91 Å². The summed E-state index contributed by atoms with van der Waals surface area (Å²) >= 11 is 6.01. The van der Waals surface area contributed by atoms with Gasteiger partial charge in [0.1, 0.15) is 12.2 Å². The molecule has 1 aromatic heterocycles.